The lowest BCUT2D eigenvalue weighted by atomic mass is 9.95. The van der Waals surface area contributed by atoms with Gasteiger partial charge in [-0.15, -0.1) is 0 Å². The van der Waals surface area contributed by atoms with Crippen LogP contribution in [0.3, 0.4) is 0 Å². The predicted octanol–water partition coefficient (Wildman–Crippen LogP) is 3.09. The van der Waals surface area contributed by atoms with Crippen LogP contribution < -0.4 is 5.73 Å². The molecule has 0 saturated carbocycles. The Balaban J connectivity index is 2.89. The molecule has 0 heterocycles. The largest absolute Gasteiger partial charge is 0.325 e. The van der Waals surface area contributed by atoms with Crippen LogP contribution in [-0.2, 0) is 13.1 Å². The van der Waals surface area contributed by atoms with Crippen LogP contribution in [0.5, 0.6) is 0 Å². The highest BCUT2D eigenvalue weighted by molar-refractivity contribution is 6.31. The maximum atomic E-state index is 12.3. The van der Waals surface area contributed by atoms with E-state index in [0.717, 1.165) is 5.56 Å². The number of halogens is 2. The summed E-state index contributed by atoms with van der Waals surface area (Å²) in [6, 6.07) is 5.24. The molecular formula is C11H15ClFN. The van der Waals surface area contributed by atoms with Crippen LogP contribution in [0.15, 0.2) is 18.2 Å². The molecule has 0 aliphatic heterocycles. The summed E-state index contributed by atoms with van der Waals surface area (Å²) in [7, 11) is 0. The van der Waals surface area contributed by atoms with E-state index in [0.29, 0.717) is 17.0 Å². The zero-order valence-electron chi connectivity index (χ0n) is 8.48. The molecular weight excluding hydrogens is 201 g/mol. The minimum Gasteiger partial charge on any atom is -0.325 e. The third kappa shape index (κ3) is 3.28. The molecule has 14 heavy (non-hydrogen) atoms. The summed E-state index contributed by atoms with van der Waals surface area (Å²) in [5.74, 6) is 0. The van der Waals surface area contributed by atoms with Crippen LogP contribution >= 0.6 is 11.6 Å². The Morgan fingerprint density at radius 3 is 2.50 bits per heavy atom. The van der Waals surface area contributed by atoms with E-state index in [1.807, 2.05) is 19.9 Å². The summed E-state index contributed by atoms with van der Waals surface area (Å²) in [5.41, 5.74) is 7.16. The Morgan fingerprint density at radius 2 is 2.07 bits per heavy atom. The summed E-state index contributed by atoms with van der Waals surface area (Å²) in [6.07, 6.45) is 0.693. The lowest BCUT2D eigenvalue weighted by Crippen LogP contribution is -2.34. The second-order valence-electron chi connectivity index (χ2n) is 4.22. The minimum atomic E-state index is -0.480. The molecule has 0 spiro atoms. The molecule has 78 valence electrons. The standard InChI is InChI=1S/C11H15ClFN/c1-11(2,14)6-9-4-3-8(7-13)5-10(9)12/h3-5H,6-7,14H2,1-2H3. The fourth-order valence-corrected chi connectivity index (χ4v) is 1.58. The summed E-state index contributed by atoms with van der Waals surface area (Å²) in [4.78, 5) is 0. The van der Waals surface area contributed by atoms with Gasteiger partial charge < -0.3 is 5.73 Å². The van der Waals surface area contributed by atoms with Crippen molar-refractivity contribution < 1.29 is 4.39 Å². The van der Waals surface area contributed by atoms with Crippen LogP contribution in [0.2, 0.25) is 5.02 Å². The van der Waals surface area contributed by atoms with Crippen molar-refractivity contribution in [3.05, 3.63) is 34.3 Å². The highest BCUT2D eigenvalue weighted by atomic mass is 35.5. The van der Waals surface area contributed by atoms with Gasteiger partial charge in [0.25, 0.3) is 0 Å². The van der Waals surface area contributed by atoms with E-state index in [1.165, 1.54) is 0 Å². The average molecular weight is 216 g/mol. The number of nitrogens with two attached hydrogens (primary N) is 1. The number of hydrogen-bond donors (Lipinski definition) is 1. The second kappa shape index (κ2) is 4.28. The van der Waals surface area contributed by atoms with E-state index in [-0.39, 0.29) is 5.54 Å². The van der Waals surface area contributed by atoms with Gasteiger partial charge in [0.15, 0.2) is 0 Å². The lowest BCUT2D eigenvalue weighted by molar-refractivity contribution is 0.484. The Kier molecular flexibility index (Phi) is 3.51. The maximum Gasteiger partial charge on any atom is 0.115 e. The second-order valence-corrected chi connectivity index (χ2v) is 4.63. The zero-order chi connectivity index (χ0) is 10.8. The van der Waals surface area contributed by atoms with Gasteiger partial charge in [-0.2, -0.15) is 0 Å². The van der Waals surface area contributed by atoms with Crippen molar-refractivity contribution in [1.29, 1.82) is 0 Å². The summed E-state index contributed by atoms with van der Waals surface area (Å²) >= 11 is 5.99. The van der Waals surface area contributed by atoms with Gasteiger partial charge in [0.1, 0.15) is 6.67 Å². The van der Waals surface area contributed by atoms with Gasteiger partial charge in [-0.1, -0.05) is 23.7 Å². The van der Waals surface area contributed by atoms with E-state index in [2.05, 4.69) is 0 Å². The van der Waals surface area contributed by atoms with Gasteiger partial charge >= 0.3 is 0 Å². The summed E-state index contributed by atoms with van der Waals surface area (Å²) in [5, 5.41) is 0.596. The molecule has 0 unspecified atom stereocenters. The molecule has 1 rings (SSSR count). The Morgan fingerprint density at radius 1 is 1.43 bits per heavy atom. The molecule has 0 aliphatic rings. The minimum absolute atomic E-state index is 0.291. The van der Waals surface area contributed by atoms with Crippen LogP contribution in [0, 0.1) is 0 Å². The topological polar surface area (TPSA) is 26.0 Å². The molecule has 1 nitrogen and oxygen atoms in total. The van der Waals surface area contributed by atoms with Crippen molar-refractivity contribution in [3.8, 4) is 0 Å². The quantitative estimate of drug-likeness (QED) is 0.824. The first-order chi connectivity index (χ1) is 6.42. The van der Waals surface area contributed by atoms with Gasteiger partial charge in [-0.3, -0.25) is 0 Å². The fraction of sp³-hybridized carbons (Fsp3) is 0.455. The number of rotatable bonds is 3. The van der Waals surface area contributed by atoms with E-state index < -0.39 is 6.67 Å². The van der Waals surface area contributed by atoms with Crippen LogP contribution in [0.1, 0.15) is 25.0 Å². The Labute approximate surface area is 89.1 Å². The van der Waals surface area contributed by atoms with E-state index in [9.17, 15) is 4.39 Å². The van der Waals surface area contributed by atoms with E-state index in [1.54, 1.807) is 12.1 Å². The van der Waals surface area contributed by atoms with Crippen LogP contribution in [0.25, 0.3) is 0 Å². The maximum absolute atomic E-state index is 12.3. The molecule has 0 aliphatic carbocycles. The third-order valence-electron chi connectivity index (χ3n) is 1.92. The van der Waals surface area contributed by atoms with E-state index in [4.69, 9.17) is 17.3 Å². The normalized spacial score (nSPS) is 11.8. The number of benzene rings is 1. The fourth-order valence-electron chi connectivity index (χ4n) is 1.31. The molecule has 3 heteroatoms. The van der Waals surface area contributed by atoms with E-state index >= 15 is 0 Å². The molecule has 0 aromatic heterocycles. The van der Waals surface area contributed by atoms with Gasteiger partial charge in [-0.25, -0.2) is 4.39 Å². The first kappa shape index (κ1) is 11.5. The average Bonchev–Trinajstić information content (AvgIpc) is 2.06. The third-order valence-corrected chi connectivity index (χ3v) is 2.27. The van der Waals surface area contributed by atoms with Crippen LogP contribution in [0.4, 0.5) is 4.39 Å². The smallest absolute Gasteiger partial charge is 0.115 e. The molecule has 0 fully saturated rings. The first-order valence-corrected chi connectivity index (χ1v) is 4.92. The van der Waals surface area contributed by atoms with Crippen molar-refractivity contribution in [2.45, 2.75) is 32.5 Å². The van der Waals surface area contributed by atoms with Gasteiger partial charge in [-0.05, 0) is 37.5 Å². The molecule has 2 N–H and O–H groups in total. The molecule has 0 saturated heterocycles. The molecule has 0 atom stereocenters. The van der Waals surface area contributed by atoms with Gasteiger partial charge in [0, 0.05) is 10.6 Å². The highest BCUT2D eigenvalue weighted by Gasteiger charge is 2.13. The summed E-state index contributed by atoms with van der Waals surface area (Å²) in [6.45, 7) is 3.39. The molecule has 1 aromatic rings. The van der Waals surface area contributed by atoms with Crippen molar-refractivity contribution >= 4 is 11.6 Å². The monoisotopic (exact) mass is 215 g/mol. The van der Waals surface area contributed by atoms with Crippen molar-refractivity contribution in [2.75, 3.05) is 0 Å². The van der Waals surface area contributed by atoms with Gasteiger partial charge in [0.05, 0.1) is 0 Å². The molecule has 0 amide bonds. The number of alkyl halides is 1. The predicted molar refractivity (Wildman–Crippen MR) is 58.2 cm³/mol. The Bertz CT molecular complexity index is 318. The SMILES string of the molecule is CC(C)(N)Cc1ccc(CF)cc1Cl. The first-order valence-electron chi connectivity index (χ1n) is 4.54. The van der Waals surface area contributed by atoms with Crippen LogP contribution in [-0.4, -0.2) is 5.54 Å². The molecule has 1 aromatic carbocycles. The Hall–Kier alpha value is -0.600. The molecule has 0 bridgehead atoms. The van der Waals surface area contributed by atoms with Gasteiger partial charge in [0.2, 0.25) is 0 Å². The number of hydrogen-bond acceptors (Lipinski definition) is 1. The van der Waals surface area contributed by atoms with Crippen molar-refractivity contribution in [2.24, 2.45) is 5.73 Å². The zero-order valence-corrected chi connectivity index (χ0v) is 9.24. The molecule has 0 radical (unpaired) electrons. The van der Waals surface area contributed by atoms with Crippen molar-refractivity contribution in [3.63, 3.8) is 0 Å². The summed E-state index contributed by atoms with van der Waals surface area (Å²) < 4.78 is 12.3. The lowest BCUT2D eigenvalue weighted by Gasteiger charge is -2.19. The van der Waals surface area contributed by atoms with Crippen molar-refractivity contribution in [1.82, 2.24) is 0 Å². The highest BCUT2D eigenvalue weighted by Crippen LogP contribution is 2.22.